The molecule has 2 aliphatic heterocycles. The molecule has 154 valence electrons. The molecule has 0 radical (unpaired) electrons. The number of Topliss-reactive ketones (excluding diaryl/α,β-unsaturated/α-hetero) is 1. The summed E-state index contributed by atoms with van der Waals surface area (Å²) < 4.78 is 21.7. The van der Waals surface area contributed by atoms with Gasteiger partial charge in [-0.1, -0.05) is 0 Å². The number of fused-ring (bicyclic) bond motifs is 2. The van der Waals surface area contributed by atoms with Crippen LogP contribution in [-0.2, 0) is 38.1 Å². The standard InChI is InChI=1S/C21H22O8/c1-9-7-14(28-19(9)24)26-8-12-15-17(27-10(2)22)11-5-6-13(23)21(3,4)16(11)18(15)29-20(12)25/h7-8,14-15,17-18H,5-6H2,1-4H3/b12-8+/t14-,15-,17+,18-/m1/s1. The largest absolute Gasteiger partial charge is 0.458 e. The lowest BCUT2D eigenvalue weighted by Gasteiger charge is -2.33. The van der Waals surface area contributed by atoms with Crippen molar-refractivity contribution in [3.05, 3.63) is 34.6 Å². The number of hydrogen-bond acceptors (Lipinski definition) is 8. The summed E-state index contributed by atoms with van der Waals surface area (Å²) in [6.07, 6.45) is 1.18. The molecular formula is C21H22O8. The number of rotatable bonds is 3. The van der Waals surface area contributed by atoms with E-state index < -0.39 is 47.7 Å². The van der Waals surface area contributed by atoms with Gasteiger partial charge in [-0.05, 0) is 38.3 Å². The second-order valence-electron chi connectivity index (χ2n) is 8.20. The van der Waals surface area contributed by atoms with E-state index in [0.717, 1.165) is 5.57 Å². The Bertz CT molecular complexity index is 919. The maximum absolute atomic E-state index is 12.6. The molecule has 0 amide bonds. The molecule has 2 aliphatic carbocycles. The van der Waals surface area contributed by atoms with E-state index in [1.807, 2.05) is 0 Å². The van der Waals surface area contributed by atoms with Crippen molar-refractivity contribution < 1.29 is 38.1 Å². The molecular weight excluding hydrogens is 380 g/mol. The first kappa shape index (κ1) is 19.4. The van der Waals surface area contributed by atoms with Crippen LogP contribution in [-0.4, -0.2) is 42.2 Å². The van der Waals surface area contributed by atoms with Crippen LogP contribution in [0.2, 0.25) is 0 Å². The maximum Gasteiger partial charge on any atom is 0.338 e. The highest BCUT2D eigenvalue weighted by molar-refractivity contribution is 5.95. The van der Waals surface area contributed by atoms with Crippen LogP contribution in [0.25, 0.3) is 0 Å². The highest BCUT2D eigenvalue weighted by Gasteiger charge is 2.60. The summed E-state index contributed by atoms with van der Waals surface area (Å²) in [5, 5.41) is 0. The SMILES string of the molecule is CC(=O)O[C@H]1C2=C([C@@H]3OC(=O)/C(=C/O[C@H]4C=C(C)C(=O)O4)[C@H]13)C(C)(C)C(=O)CC2. The Hall–Kier alpha value is -2.90. The van der Waals surface area contributed by atoms with Crippen molar-refractivity contribution in [2.45, 2.75) is 59.0 Å². The average molecular weight is 402 g/mol. The fraction of sp³-hybridized carbons (Fsp3) is 0.524. The Morgan fingerprint density at radius 1 is 1.17 bits per heavy atom. The molecule has 0 aromatic heterocycles. The Labute approximate surface area is 167 Å². The number of carbonyl (C=O) groups excluding carboxylic acids is 4. The van der Waals surface area contributed by atoms with Gasteiger partial charge in [0.15, 0.2) is 0 Å². The van der Waals surface area contributed by atoms with E-state index >= 15 is 0 Å². The molecule has 4 aliphatic rings. The summed E-state index contributed by atoms with van der Waals surface area (Å²) in [5.41, 5.74) is 1.33. The zero-order valence-electron chi connectivity index (χ0n) is 16.6. The first-order chi connectivity index (χ1) is 13.6. The number of esters is 3. The lowest BCUT2D eigenvalue weighted by molar-refractivity contribution is -0.152. The van der Waals surface area contributed by atoms with Gasteiger partial charge in [-0.2, -0.15) is 0 Å². The zero-order chi connectivity index (χ0) is 21.1. The van der Waals surface area contributed by atoms with Crippen LogP contribution in [0.1, 0.15) is 40.5 Å². The number of cyclic esters (lactones) is 1. The molecule has 1 fully saturated rings. The monoisotopic (exact) mass is 402 g/mol. The van der Waals surface area contributed by atoms with E-state index in [1.165, 1.54) is 19.3 Å². The van der Waals surface area contributed by atoms with Gasteiger partial charge >= 0.3 is 17.9 Å². The van der Waals surface area contributed by atoms with Crippen LogP contribution in [0.3, 0.4) is 0 Å². The summed E-state index contributed by atoms with van der Waals surface area (Å²) in [6, 6.07) is 0. The molecule has 4 atom stereocenters. The highest BCUT2D eigenvalue weighted by atomic mass is 16.7. The first-order valence-corrected chi connectivity index (χ1v) is 9.51. The van der Waals surface area contributed by atoms with Gasteiger partial charge in [-0.3, -0.25) is 9.59 Å². The lowest BCUT2D eigenvalue weighted by atomic mass is 9.71. The van der Waals surface area contributed by atoms with Crippen molar-refractivity contribution in [1.82, 2.24) is 0 Å². The lowest BCUT2D eigenvalue weighted by Crippen LogP contribution is -2.35. The number of carbonyl (C=O) groups is 4. The second-order valence-corrected chi connectivity index (χ2v) is 8.20. The first-order valence-electron chi connectivity index (χ1n) is 9.51. The van der Waals surface area contributed by atoms with Gasteiger partial charge in [-0.15, -0.1) is 0 Å². The molecule has 0 saturated carbocycles. The number of hydrogen-bond donors (Lipinski definition) is 0. The van der Waals surface area contributed by atoms with Crippen molar-refractivity contribution in [2.24, 2.45) is 11.3 Å². The molecule has 0 N–H and O–H groups in total. The van der Waals surface area contributed by atoms with Gasteiger partial charge < -0.3 is 18.9 Å². The Balaban J connectivity index is 1.69. The quantitative estimate of drug-likeness (QED) is 0.232. The van der Waals surface area contributed by atoms with Gasteiger partial charge in [0.25, 0.3) is 6.29 Å². The smallest absolute Gasteiger partial charge is 0.338 e. The molecule has 8 heteroatoms. The molecule has 0 spiro atoms. The van der Waals surface area contributed by atoms with Crippen LogP contribution >= 0.6 is 0 Å². The Morgan fingerprint density at radius 3 is 2.52 bits per heavy atom. The topological polar surface area (TPSA) is 105 Å². The third kappa shape index (κ3) is 2.97. The molecule has 0 aromatic rings. The third-order valence-corrected chi connectivity index (χ3v) is 6.00. The summed E-state index contributed by atoms with van der Waals surface area (Å²) >= 11 is 0. The van der Waals surface area contributed by atoms with Crippen LogP contribution in [0.5, 0.6) is 0 Å². The summed E-state index contributed by atoms with van der Waals surface area (Å²) in [5.74, 6) is -2.13. The molecule has 1 saturated heterocycles. The molecule has 0 unspecified atom stereocenters. The van der Waals surface area contributed by atoms with E-state index in [1.54, 1.807) is 20.8 Å². The summed E-state index contributed by atoms with van der Waals surface area (Å²) in [6.45, 7) is 6.50. The molecule has 4 rings (SSSR count). The van der Waals surface area contributed by atoms with Crippen molar-refractivity contribution in [3.63, 3.8) is 0 Å². The highest BCUT2D eigenvalue weighted by Crippen LogP contribution is 2.54. The van der Waals surface area contributed by atoms with Crippen LogP contribution in [0.15, 0.2) is 34.6 Å². The zero-order valence-corrected chi connectivity index (χ0v) is 16.6. The van der Waals surface area contributed by atoms with E-state index in [0.29, 0.717) is 24.0 Å². The van der Waals surface area contributed by atoms with Crippen molar-refractivity contribution in [2.75, 3.05) is 0 Å². The van der Waals surface area contributed by atoms with Crippen molar-refractivity contribution in [1.29, 1.82) is 0 Å². The van der Waals surface area contributed by atoms with Crippen molar-refractivity contribution in [3.8, 4) is 0 Å². The van der Waals surface area contributed by atoms with E-state index in [2.05, 4.69) is 0 Å². The Kier molecular flexibility index (Phi) is 4.40. The molecule has 2 heterocycles. The van der Waals surface area contributed by atoms with Gasteiger partial charge in [0.2, 0.25) is 0 Å². The van der Waals surface area contributed by atoms with Crippen LogP contribution < -0.4 is 0 Å². The van der Waals surface area contributed by atoms with Crippen molar-refractivity contribution >= 4 is 23.7 Å². The minimum Gasteiger partial charge on any atom is -0.458 e. The summed E-state index contributed by atoms with van der Waals surface area (Å²) in [7, 11) is 0. The summed E-state index contributed by atoms with van der Waals surface area (Å²) in [4.78, 5) is 48.4. The third-order valence-electron chi connectivity index (χ3n) is 6.00. The minimum absolute atomic E-state index is 0.0571. The normalized spacial score (nSPS) is 33.9. The van der Waals surface area contributed by atoms with Crippen LogP contribution in [0, 0.1) is 11.3 Å². The minimum atomic E-state index is -0.934. The van der Waals surface area contributed by atoms with Gasteiger partial charge in [-0.25, -0.2) is 9.59 Å². The second kappa shape index (κ2) is 6.57. The predicted octanol–water partition coefficient (Wildman–Crippen LogP) is 1.89. The average Bonchev–Trinajstić information content (AvgIpc) is 3.21. The molecule has 0 aromatic carbocycles. The fourth-order valence-corrected chi connectivity index (χ4v) is 4.58. The van der Waals surface area contributed by atoms with Gasteiger partial charge in [0.1, 0.15) is 18.0 Å². The Morgan fingerprint density at radius 2 is 1.90 bits per heavy atom. The van der Waals surface area contributed by atoms with E-state index in [9.17, 15) is 19.2 Å². The van der Waals surface area contributed by atoms with Gasteiger partial charge in [0.05, 0.1) is 17.8 Å². The molecule has 0 bridgehead atoms. The molecule has 8 nitrogen and oxygen atoms in total. The predicted molar refractivity (Wildman–Crippen MR) is 96.8 cm³/mol. The van der Waals surface area contributed by atoms with E-state index in [-0.39, 0.29) is 11.4 Å². The van der Waals surface area contributed by atoms with Crippen LogP contribution in [0.4, 0.5) is 0 Å². The fourth-order valence-electron chi connectivity index (χ4n) is 4.58. The van der Waals surface area contributed by atoms with Gasteiger partial charge in [0, 0.05) is 30.4 Å². The number of ketones is 1. The number of ether oxygens (including phenoxy) is 4. The van der Waals surface area contributed by atoms with E-state index in [4.69, 9.17) is 18.9 Å². The molecule has 29 heavy (non-hydrogen) atoms. The maximum atomic E-state index is 12.6.